The molecule has 1 atom stereocenters. The molecule has 0 radical (unpaired) electrons. The Morgan fingerprint density at radius 2 is 2.22 bits per heavy atom. The van der Waals surface area contributed by atoms with Gasteiger partial charge in [0, 0.05) is 11.9 Å². The fourth-order valence-electron chi connectivity index (χ4n) is 3.10. The number of ether oxygens (including phenoxy) is 1. The molecule has 0 spiro atoms. The Balaban J connectivity index is 1.78. The molecule has 122 valence electrons. The van der Waals surface area contributed by atoms with Crippen molar-refractivity contribution in [3.8, 4) is 0 Å². The summed E-state index contributed by atoms with van der Waals surface area (Å²) in [5.74, 6) is -0.190. The van der Waals surface area contributed by atoms with Crippen molar-refractivity contribution in [2.75, 3.05) is 19.7 Å². The minimum Gasteiger partial charge on any atom is -0.466 e. The van der Waals surface area contributed by atoms with Gasteiger partial charge in [0.25, 0.3) is 0 Å². The van der Waals surface area contributed by atoms with E-state index < -0.39 is 0 Å². The van der Waals surface area contributed by atoms with Crippen LogP contribution in [0.3, 0.4) is 0 Å². The summed E-state index contributed by atoms with van der Waals surface area (Å²) in [6, 6.07) is 7.47. The molecule has 1 saturated heterocycles. The van der Waals surface area contributed by atoms with E-state index in [-0.39, 0.29) is 17.3 Å². The monoisotopic (exact) mass is 315 g/mol. The molecule has 2 heterocycles. The molecule has 1 aliphatic heterocycles. The summed E-state index contributed by atoms with van der Waals surface area (Å²) in [5, 5.41) is 4.92. The molecule has 1 aliphatic rings. The van der Waals surface area contributed by atoms with Crippen molar-refractivity contribution in [3.05, 3.63) is 40.7 Å². The molecule has 0 N–H and O–H groups in total. The predicted molar refractivity (Wildman–Crippen MR) is 86.9 cm³/mol. The third-order valence-corrected chi connectivity index (χ3v) is 4.22. The maximum absolute atomic E-state index is 11.9. The number of fused-ring (bicyclic) bond motifs is 1. The van der Waals surface area contributed by atoms with E-state index in [4.69, 9.17) is 4.74 Å². The molecule has 3 rings (SSSR count). The number of carbonyl (C=O) groups is 1. The van der Waals surface area contributed by atoms with Gasteiger partial charge in [-0.3, -0.25) is 19.2 Å². The highest BCUT2D eigenvalue weighted by atomic mass is 16.5. The van der Waals surface area contributed by atoms with Crippen LogP contribution in [-0.2, 0) is 16.2 Å². The Kier molecular flexibility index (Phi) is 4.71. The van der Waals surface area contributed by atoms with Crippen molar-refractivity contribution < 1.29 is 9.53 Å². The van der Waals surface area contributed by atoms with Crippen LogP contribution in [0.2, 0.25) is 0 Å². The highest BCUT2D eigenvalue weighted by Gasteiger charge is 2.27. The first-order valence-electron chi connectivity index (χ1n) is 8.03. The summed E-state index contributed by atoms with van der Waals surface area (Å²) < 4.78 is 6.96. The Hall–Kier alpha value is -2.21. The molecule has 0 amide bonds. The third kappa shape index (κ3) is 3.42. The van der Waals surface area contributed by atoms with Gasteiger partial charge in [0.05, 0.1) is 30.9 Å². The van der Waals surface area contributed by atoms with E-state index in [9.17, 15) is 9.59 Å². The minimum absolute atomic E-state index is 0.0695. The van der Waals surface area contributed by atoms with Crippen LogP contribution in [0.1, 0.15) is 19.8 Å². The number of para-hydroxylation sites is 1. The Morgan fingerprint density at radius 3 is 3.04 bits per heavy atom. The Bertz CT molecular complexity index is 756. The van der Waals surface area contributed by atoms with Crippen molar-refractivity contribution in [2.45, 2.75) is 26.4 Å². The van der Waals surface area contributed by atoms with Crippen LogP contribution in [-0.4, -0.2) is 40.3 Å². The lowest BCUT2D eigenvalue weighted by atomic mass is 9.98. The highest BCUT2D eigenvalue weighted by Crippen LogP contribution is 2.19. The smallest absolute Gasteiger partial charge is 0.310 e. The van der Waals surface area contributed by atoms with Gasteiger partial charge in [0.15, 0.2) is 0 Å². The first kappa shape index (κ1) is 15.7. The normalized spacial score (nSPS) is 18.9. The van der Waals surface area contributed by atoms with Gasteiger partial charge in [-0.2, -0.15) is 5.10 Å². The molecule has 0 saturated carbocycles. The first-order chi connectivity index (χ1) is 11.2. The zero-order chi connectivity index (χ0) is 16.2. The topological polar surface area (TPSA) is 64.4 Å². The van der Waals surface area contributed by atoms with Crippen molar-refractivity contribution >= 4 is 16.9 Å². The highest BCUT2D eigenvalue weighted by molar-refractivity contribution is 5.77. The van der Waals surface area contributed by atoms with E-state index >= 15 is 0 Å². The van der Waals surface area contributed by atoms with Crippen LogP contribution in [0, 0.1) is 5.92 Å². The van der Waals surface area contributed by atoms with Gasteiger partial charge in [0.2, 0.25) is 5.43 Å². The Labute approximate surface area is 134 Å². The first-order valence-corrected chi connectivity index (χ1v) is 8.03. The number of hydrogen-bond acceptors (Lipinski definition) is 5. The van der Waals surface area contributed by atoms with Gasteiger partial charge in [0.1, 0.15) is 0 Å². The quantitative estimate of drug-likeness (QED) is 0.802. The van der Waals surface area contributed by atoms with Gasteiger partial charge in [-0.05, 0) is 38.4 Å². The molecule has 2 aromatic rings. The predicted octanol–water partition coefficient (Wildman–Crippen LogP) is 1.63. The number of carbonyl (C=O) groups excluding carboxylic acids is 1. The van der Waals surface area contributed by atoms with Gasteiger partial charge in [-0.25, -0.2) is 0 Å². The molecule has 0 aliphatic carbocycles. The number of likely N-dealkylation sites (tertiary alicyclic amines) is 1. The van der Waals surface area contributed by atoms with Gasteiger partial charge in [-0.15, -0.1) is 0 Å². The second-order valence-electron chi connectivity index (χ2n) is 5.84. The van der Waals surface area contributed by atoms with Crippen molar-refractivity contribution in [2.24, 2.45) is 5.92 Å². The van der Waals surface area contributed by atoms with Crippen LogP contribution in [0.4, 0.5) is 0 Å². The molecular weight excluding hydrogens is 294 g/mol. The van der Waals surface area contributed by atoms with E-state index in [1.807, 2.05) is 35.9 Å². The maximum atomic E-state index is 11.9. The van der Waals surface area contributed by atoms with Crippen molar-refractivity contribution in [1.82, 2.24) is 14.7 Å². The van der Waals surface area contributed by atoms with Gasteiger partial charge in [-0.1, -0.05) is 12.1 Å². The second-order valence-corrected chi connectivity index (χ2v) is 5.84. The molecule has 23 heavy (non-hydrogen) atoms. The lowest BCUT2D eigenvalue weighted by molar-refractivity contribution is -0.150. The lowest BCUT2D eigenvalue weighted by Gasteiger charge is -2.31. The average Bonchev–Trinajstić information content (AvgIpc) is 2.58. The fourth-order valence-corrected chi connectivity index (χ4v) is 3.10. The van der Waals surface area contributed by atoms with Crippen LogP contribution in [0.5, 0.6) is 0 Å². The summed E-state index contributed by atoms with van der Waals surface area (Å²) in [4.78, 5) is 26.0. The van der Waals surface area contributed by atoms with Crippen molar-refractivity contribution in [3.63, 3.8) is 0 Å². The van der Waals surface area contributed by atoms with E-state index in [1.54, 1.807) is 0 Å². The largest absolute Gasteiger partial charge is 0.466 e. The molecule has 1 aromatic heterocycles. The molecule has 1 aromatic carbocycles. The lowest BCUT2D eigenvalue weighted by Crippen LogP contribution is -2.40. The summed E-state index contributed by atoms with van der Waals surface area (Å²) in [5.41, 5.74) is 0.748. The number of piperidine rings is 1. The maximum Gasteiger partial charge on any atom is 0.310 e. The van der Waals surface area contributed by atoms with E-state index in [0.717, 1.165) is 24.9 Å². The number of esters is 1. The van der Waals surface area contributed by atoms with Crippen molar-refractivity contribution in [1.29, 1.82) is 0 Å². The van der Waals surface area contributed by atoms with E-state index in [1.165, 1.54) is 6.20 Å². The van der Waals surface area contributed by atoms with Crippen LogP contribution >= 0.6 is 0 Å². The SMILES string of the molecule is CCOC(=O)[C@@H]1CCCN(Cn2ncc(=O)c3ccccc32)C1. The molecule has 6 nitrogen and oxygen atoms in total. The number of benzene rings is 1. The van der Waals surface area contributed by atoms with Gasteiger partial charge >= 0.3 is 5.97 Å². The van der Waals surface area contributed by atoms with Crippen LogP contribution in [0.25, 0.3) is 10.9 Å². The molecule has 0 bridgehead atoms. The van der Waals surface area contributed by atoms with Crippen LogP contribution in [0.15, 0.2) is 35.3 Å². The summed E-state index contributed by atoms with van der Waals surface area (Å²) in [6.45, 7) is 4.39. The summed E-state index contributed by atoms with van der Waals surface area (Å²) in [6.07, 6.45) is 3.18. The van der Waals surface area contributed by atoms with Gasteiger partial charge < -0.3 is 4.74 Å². The minimum atomic E-state index is -0.116. The summed E-state index contributed by atoms with van der Waals surface area (Å²) in [7, 11) is 0. The third-order valence-electron chi connectivity index (χ3n) is 4.22. The molecule has 6 heteroatoms. The average molecular weight is 315 g/mol. The van der Waals surface area contributed by atoms with E-state index in [0.29, 0.717) is 25.2 Å². The number of rotatable bonds is 4. The second kappa shape index (κ2) is 6.91. The number of nitrogens with zero attached hydrogens (tertiary/aromatic N) is 3. The molecule has 0 unspecified atom stereocenters. The fraction of sp³-hybridized carbons (Fsp3) is 0.471. The molecule has 1 fully saturated rings. The van der Waals surface area contributed by atoms with Crippen LogP contribution < -0.4 is 5.43 Å². The number of hydrogen-bond donors (Lipinski definition) is 0. The standard InChI is InChI=1S/C17H21N3O3/c1-2-23-17(22)13-6-5-9-19(11-13)12-20-15-8-4-3-7-14(15)16(21)10-18-20/h3-4,7-8,10,13H,2,5-6,9,11-12H2,1H3/t13-/m1/s1. The number of aromatic nitrogens is 2. The Morgan fingerprint density at radius 1 is 1.39 bits per heavy atom. The zero-order valence-electron chi connectivity index (χ0n) is 13.3. The summed E-state index contributed by atoms with van der Waals surface area (Å²) >= 11 is 0. The zero-order valence-corrected chi connectivity index (χ0v) is 13.3. The molecular formula is C17H21N3O3. The van der Waals surface area contributed by atoms with E-state index in [2.05, 4.69) is 10.00 Å².